The van der Waals surface area contributed by atoms with Crippen molar-refractivity contribution in [1.82, 2.24) is 10.2 Å². The lowest BCUT2D eigenvalue weighted by molar-refractivity contribution is -0.156. The van der Waals surface area contributed by atoms with Gasteiger partial charge in [0, 0.05) is 23.7 Å². The number of hydrogen-bond acceptors (Lipinski definition) is 5. The van der Waals surface area contributed by atoms with Gasteiger partial charge in [-0.2, -0.15) is 0 Å². The molecule has 38 heavy (non-hydrogen) atoms. The van der Waals surface area contributed by atoms with E-state index >= 15 is 0 Å². The number of carbonyl (C=O) groups is 3. The minimum Gasteiger partial charge on any atom is -0.467 e. The molecule has 0 unspecified atom stereocenters. The molecule has 1 aliphatic heterocycles. The monoisotopic (exact) mass is 535 g/mol. The van der Waals surface area contributed by atoms with E-state index in [9.17, 15) is 14.4 Å². The molecule has 1 heterocycles. The van der Waals surface area contributed by atoms with Crippen LogP contribution in [0.3, 0.4) is 0 Å². The topological polar surface area (TPSA) is 97.0 Å². The molecule has 3 atom stereocenters. The van der Waals surface area contributed by atoms with Gasteiger partial charge in [0.15, 0.2) is 0 Å². The van der Waals surface area contributed by atoms with Crippen LogP contribution in [0.25, 0.3) is 0 Å². The Bertz CT molecular complexity index is 1290. The Morgan fingerprint density at radius 3 is 2.42 bits per heavy atom. The zero-order chi connectivity index (χ0) is 27.1. The van der Waals surface area contributed by atoms with Crippen molar-refractivity contribution in [1.29, 1.82) is 0 Å². The molecule has 0 fully saturated rings. The SMILES string of the molecule is COC(=O)[C@H]1Cc2ccccc2CN1C(=O)[C@@H](NC(=O)Nc1cccc(Cl)c1)[C@@H](C)OCc1ccccc1. The number of nitrogens with zero attached hydrogens (tertiary/aromatic N) is 1. The quantitative estimate of drug-likeness (QED) is 0.412. The van der Waals surface area contributed by atoms with E-state index in [-0.39, 0.29) is 13.2 Å². The summed E-state index contributed by atoms with van der Waals surface area (Å²) in [6, 6.07) is 21.3. The van der Waals surface area contributed by atoms with Crippen LogP contribution in [0, 0.1) is 0 Å². The molecule has 0 bridgehead atoms. The molecule has 8 nitrogen and oxygen atoms in total. The summed E-state index contributed by atoms with van der Waals surface area (Å²) in [7, 11) is 1.30. The number of halogens is 1. The van der Waals surface area contributed by atoms with Gasteiger partial charge in [-0.15, -0.1) is 0 Å². The fourth-order valence-corrected chi connectivity index (χ4v) is 4.62. The highest BCUT2D eigenvalue weighted by Crippen LogP contribution is 2.26. The molecule has 0 aliphatic carbocycles. The molecule has 0 saturated heterocycles. The third-order valence-electron chi connectivity index (χ3n) is 6.47. The van der Waals surface area contributed by atoms with Crippen LogP contribution in [0.15, 0.2) is 78.9 Å². The van der Waals surface area contributed by atoms with E-state index in [0.29, 0.717) is 17.1 Å². The van der Waals surface area contributed by atoms with Crippen LogP contribution in [0.1, 0.15) is 23.6 Å². The molecule has 0 spiro atoms. The number of ether oxygens (including phenoxy) is 2. The second-order valence-corrected chi connectivity index (χ2v) is 9.50. The van der Waals surface area contributed by atoms with Crippen molar-refractivity contribution in [2.24, 2.45) is 0 Å². The standard InChI is InChI=1S/C29H30ClN3O5/c1-19(38-18-20-9-4-3-5-10-20)26(32-29(36)31-24-14-8-13-23(30)16-24)27(34)33-17-22-12-7-6-11-21(22)15-25(33)28(35)37-2/h3-14,16,19,25-26H,15,17-18H2,1-2H3,(H2,31,32,36)/t19-,25-,26+/m1/s1. The second-order valence-electron chi connectivity index (χ2n) is 9.07. The van der Waals surface area contributed by atoms with Crippen LogP contribution in [0.4, 0.5) is 10.5 Å². The van der Waals surface area contributed by atoms with Gasteiger partial charge in [-0.05, 0) is 41.8 Å². The lowest BCUT2D eigenvalue weighted by atomic mass is 9.93. The maximum atomic E-state index is 14.0. The smallest absolute Gasteiger partial charge is 0.328 e. The Morgan fingerprint density at radius 2 is 1.71 bits per heavy atom. The summed E-state index contributed by atoms with van der Waals surface area (Å²) in [6.07, 6.45) is -0.404. The molecule has 3 aromatic rings. The first-order chi connectivity index (χ1) is 18.4. The van der Waals surface area contributed by atoms with E-state index in [1.54, 1.807) is 31.2 Å². The Morgan fingerprint density at radius 1 is 1.00 bits per heavy atom. The zero-order valence-corrected chi connectivity index (χ0v) is 22.0. The summed E-state index contributed by atoms with van der Waals surface area (Å²) >= 11 is 6.04. The van der Waals surface area contributed by atoms with Gasteiger partial charge in [0.1, 0.15) is 12.1 Å². The number of benzene rings is 3. The molecule has 2 N–H and O–H groups in total. The number of nitrogens with one attached hydrogen (secondary N) is 2. The summed E-state index contributed by atoms with van der Waals surface area (Å²) in [5.74, 6) is -0.968. The van der Waals surface area contributed by atoms with Crippen LogP contribution in [0.5, 0.6) is 0 Å². The average molecular weight is 536 g/mol. The van der Waals surface area contributed by atoms with E-state index < -0.39 is 36.1 Å². The third-order valence-corrected chi connectivity index (χ3v) is 6.70. The van der Waals surface area contributed by atoms with Gasteiger partial charge in [0.05, 0.1) is 19.8 Å². The van der Waals surface area contributed by atoms with Crippen LogP contribution < -0.4 is 10.6 Å². The molecule has 3 aromatic carbocycles. The van der Waals surface area contributed by atoms with Gasteiger partial charge >= 0.3 is 12.0 Å². The molecular weight excluding hydrogens is 506 g/mol. The summed E-state index contributed by atoms with van der Waals surface area (Å²) < 4.78 is 11.1. The lowest BCUT2D eigenvalue weighted by Gasteiger charge is -2.38. The third kappa shape index (κ3) is 6.70. The Hall–Kier alpha value is -3.88. The number of hydrogen-bond donors (Lipinski definition) is 2. The van der Waals surface area contributed by atoms with Gasteiger partial charge < -0.3 is 25.0 Å². The van der Waals surface area contributed by atoms with Crippen LogP contribution >= 0.6 is 11.6 Å². The van der Waals surface area contributed by atoms with Crippen LogP contribution in [-0.4, -0.2) is 48.1 Å². The Balaban J connectivity index is 1.58. The first-order valence-electron chi connectivity index (χ1n) is 12.3. The molecule has 4 rings (SSSR count). The van der Waals surface area contributed by atoms with Crippen molar-refractivity contribution in [2.45, 2.75) is 44.7 Å². The van der Waals surface area contributed by atoms with Gasteiger partial charge in [0.25, 0.3) is 0 Å². The molecule has 198 valence electrons. The molecule has 0 aromatic heterocycles. The minimum absolute atomic E-state index is 0.203. The highest BCUT2D eigenvalue weighted by atomic mass is 35.5. The van der Waals surface area contributed by atoms with E-state index in [1.165, 1.54) is 12.0 Å². The van der Waals surface area contributed by atoms with Crippen molar-refractivity contribution < 1.29 is 23.9 Å². The van der Waals surface area contributed by atoms with Crippen molar-refractivity contribution in [3.05, 3.63) is 101 Å². The van der Waals surface area contributed by atoms with Gasteiger partial charge in [-0.3, -0.25) is 4.79 Å². The zero-order valence-electron chi connectivity index (χ0n) is 21.2. The van der Waals surface area contributed by atoms with E-state index in [4.69, 9.17) is 21.1 Å². The van der Waals surface area contributed by atoms with Crippen molar-refractivity contribution in [3.63, 3.8) is 0 Å². The normalized spacial score (nSPS) is 16.1. The molecule has 1 aliphatic rings. The average Bonchev–Trinajstić information content (AvgIpc) is 2.93. The molecule has 0 saturated carbocycles. The van der Waals surface area contributed by atoms with Crippen LogP contribution in [0.2, 0.25) is 5.02 Å². The molecule has 9 heteroatoms. The first-order valence-corrected chi connectivity index (χ1v) is 12.7. The van der Waals surface area contributed by atoms with Gasteiger partial charge in [-0.25, -0.2) is 9.59 Å². The van der Waals surface area contributed by atoms with Gasteiger partial charge in [0.2, 0.25) is 5.91 Å². The highest BCUT2D eigenvalue weighted by Gasteiger charge is 2.40. The summed E-state index contributed by atoms with van der Waals surface area (Å²) in [5, 5.41) is 5.93. The number of esters is 1. The number of fused-ring (bicyclic) bond motifs is 1. The number of anilines is 1. The van der Waals surface area contributed by atoms with Crippen molar-refractivity contribution in [3.8, 4) is 0 Å². The Kier molecular flexibility index (Phi) is 8.99. The van der Waals surface area contributed by atoms with E-state index in [0.717, 1.165) is 16.7 Å². The predicted molar refractivity (Wildman–Crippen MR) is 145 cm³/mol. The maximum Gasteiger partial charge on any atom is 0.328 e. The summed E-state index contributed by atoms with van der Waals surface area (Å²) in [6.45, 7) is 2.16. The van der Waals surface area contributed by atoms with Crippen LogP contribution in [-0.2, 0) is 38.6 Å². The fourth-order valence-electron chi connectivity index (χ4n) is 4.43. The number of methoxy groups -OCH3 is 1. The Labute approximate surface area is 226 Å². The largest absolute Gasteiger partial charge is 0.467 e. The second kappa shape index (κ2) is 12.6. The summed E-state index contributed by atoms with van der Waals surface area (Å²) in [4.78, 5) is 41.2. The van der Waals surface area contributed by atoms with Gasteiger partial charge in [-0.1, -0.05) is 72.3 Å². The minimum atomic E-state index is -1.09. The number of carbonyl (C=O) groups excluding carboxylic acids is 3. The van der Waals surface area contributed by atoms with E-state index in [2.05, 4.69) is 10.6 Å². The maximum absolute atomic E-state index is 14.0. The molecule has 3 amide bonds. The molecule has 0 radical (unpaired) electrons. The lowest BCUT2D eigenvalue weighted by Crippen LogP contribution is -2.59. The predicted octanol–water partition coefficient (Wildman–Crippen LogP) is 4.56. The van der Waals surface area contributed by atoms with Crippen molar-refractivity contribution in [2.75, 3.05) is 12.4 Å². The highest BCUT2D eigenvalue weighted by molar-refractivity contribution is 6.30. The van der Waals surface area contributed by atoms with E-state index in [1.807, 2.05) is 54.6 Å². The van der Waals surface area contributed by atoms with Crippen molar-refractivity contribution >= 4 is 35.2 Å². The number of amides is 3. The first kappa shape index (κ1) is 27.2. The molecular formula is C29H30ClN3O5. The number of rotatable bonds is 8. The fraction of sp³-hybridized carbons (Fsp3) is 0.276. The number of urea groups is 1. The summed E-state index contributed by atoms with van der Waals surface area (Å²) in [5.41, 5.74) is 3.30.